The van der Waals surface area contributed by atoms with Crippen molar-refractivity contribution in [2.24, 2.45) is 5.73 Å². The normalized spacial score (nSPS) is 22.9. The summed E-state index contributed by atoms with van der Waals surface area (Å²) < 4.78 is 37.5. The largest absolute Gasteiger partial charge is 0.366 e. The molecule has 2 aromatic carbocycles. The first-order valence-electron chi connectivity index (χ1n) is 8.75. The number of aromatic nitrogens is 2. The first-order chi connectivity index (χ1) is 12.8. The second-order valence-electron chi connectivity index (χ2n) is 6.47. The first kappa shape index (κ1) is 15.5. The number of alkyl halides is 2. The van der Waals surface area contributed by atoms with Gasteiger partial charge in [-0.2, -0.15) is 5.10 Å². The van der Waals surface area contributed by atoms with E-state index in [1.807, 2.05) is 6.07 Å². The topological polar surface area (TPSA) is 72.9 Å². The minimum atomic E-state index is -2.90. The Hall–Kier alpha value is -2.80. The van der Waals surface area contributed by atoms with Crippen LogP contribution in [0.3, 0.4) is 0 Å². The number of nitrogens with two attached hydrogens (primary N) is 1. The van der Waals surface area contributed by atoms with Crippen molar-refractivity contribution >= 4 is 16.8 Å². The minimum absolute atomic E-state index is 0.176. The summed E-state index contributed by atoms with van der Waals surface area (Å²) >= 11 is 0. The molecule has 1 aliphatic heterocycles. The molecule has 0 aliphatic carbocycles. The van der Waals surface area contributed by atoms with E-state index in [0.29, 0.717) is 22.3 Å². The lowest BCUT2D eigenvalue weighted by molar-refractivity contribution is -0.0277. The molecule has 1 unspecified atom stereocenters. The van der Waals surface area contributed by atoms with E-state index in [9.17, 15) is 13.6 Å². The number of nitrogens with one attached hydrogen (secondary N) is 1. The van der Waals surface area contributed by atoms with E-state index in [0.717, 1.165) is 5.39 Å². The van der Waals surface area contributed by atoms with Gasteiger partial charge >= 0.3 is 0 Å². The molecule has 2 heterocycles. The second-order valence-corrected chi connectivity index (χ2v) is 6.47. The second kappa shape index (κ2) is 6.17. The number of amides is 1. The van der Waals surface area contributed by atoms with Crippen LogP contribution in [0, 0.1) is 0 Å². The van der Waals surface area contributed by atoms with E-state index in [4.69, 9.17) is 7.10 Å². The minimum Gasteiger partial charge on any atom is -0.366 e. The number of hydrogen-bond acceptors (Lipinski definition) is 3. The van der Waals surface area contributed by atoms with Gasteiger partial charge in [0.1, 0.15) is 5.52 Å². The molecule has 3 aromatic rings. The molecule has 0 spiro atoms. The molecule has 7 heteroatoms. The zero-order valence-corrected chi connectivity index (χ0v) is 13.9. The van der Waals surface area contributed by atoms with Gasteiger partial charge in [-0.05, 0) is 23.8 Å². The molecule has 1 amide bonds. The molecule has 3 N–H and O–H groups in total. The Kier molecular flexibility index (Phi) is 3.67. The number of halogens is 2. The highest BCUT2D eigenvalue weighted by Gasteiger charge is 2.36. The molecule has 0 radical (unpaired) electrons. The van der Waals surface area contributed by atoms with Gasteiger partial charge in [-0.1, -0.05) is 24.3 Å². The fourth-order valence-electron chi connectivity index (χ4n) is 3.26. The number of hydrogen-bond donors (Lipinski definition) is 2. The average molecular weight is 357 g/mol. The highest BCUT2D eigenvalue weighted by atomic mass is 19.3. The smallest absolute Gasteiger partial charge is 0.260 e. The number of nitrogens with zero attached hydrogens (tertiary/aromatic N) is 2. The zero-order chi connectivity index (χ0) is 19.2. The number of primary amides is 1. The number of rotatable bonds is 3. The van der Waals surface area contributed by atoms with Crippen molar-refractivity contribution in [3.63, 3.8) is 0 Å². The fraction of sp³-hybridized carbons (Fsp3) is 0.263. The van der Waals surface area contributed by atoms with E-state index >= 15 is 0 Å². The van der Waals surface area contributed by atoms with Gasteiger partial charge in [0.2, 0.25) is 0 Å². The molecule has 1 saturated heterocycles. The highest BCUT2D eigenvalue weighted by Crippen LogP contribution is 2.33. The molecule has 1 atom stereocenters. The van der Waals surface area contributed by atoms with Crippen LogP contribution in [0.5, 0.6) is 0 Å². The lowest BCUT2D eigenvalue weighted by atomic mass is 9.90. The van der Waals surface area contributed by atoms with Gasteiger partial charge in [0, 0.05) is 31.8 Å². The SMILES string of the molecule is [2H]C1(c2ccc(-n3cc4cccc(C(N)=O)c4n3)cc2)CNCC(F)(F)C1. The molecule has 1 aliphatic rings. The zero-order valence-electron chi connectivity index (χ0n) is 14.9. The predicted octanol–water partition coefficient (Wildman–Crippen LogP) is 2.84. The van der Waals surface area contributed by atoms with Crippen LogP contribution < -0.4 is 11.1 Å². The van der Waals surface area contributed by atoms with Crippen molar-refractivity contribution in [2.75, 3.05) is 13.1 Å². The molecule has 26 heavy (non-hydrogen) atoms. The average Bonchev–Trinajstić information content (AvgIpc) is 3.04. The molecular formula is C19H18F2N4O. The molecule has 0 saturated carbocycles. The van der Waals surface area contributed by atoms with Crippen LogP contribution in [0.15, 0.2) is 48.7 Å². The van der Waals surface area contributed by atoms with Crippen molar-refractivity contribution in [3.05, 3.63) is 59.8 Å². The summed E-state index contributed by atoms with van der Waals surface area (Å²) in [4.78, 5) is 11.6. The molecule has 4 rings (SSSR count). The Bertz CT molecular complexity index is 1020. The number of benzene rings is 2. The number of carbonyl (C=O) groups is 1. The molecule has 1 aromatic heterocycles. The van der Waals surface area contributed by atoms with E-state index in [-0.39, 0.29) is 6.54 Å². The van der Waals surface area contributed by atoms with Crippen LogP contribution in [0.1, 0.15) is 29.6 Å². The number of piperidine rings is 1. The van der Waals surface area contributed by atoms with Crippen molar-refractivity contribution in [1.82, 2.24) is 15.1 Å². The summed E-state index contributed by atoms with van der Waals surface area (Å²) in [5.74, 6) is -4.83. The number of carbonyl (C=O) groups excluding carboxylic acids is 1. The van der Waals surface area contributed by atoms with Crippen LogP contribution in [-0.4, -0.2) is 34.7 Å². The van der Waals surface area contributed by atoms with E-state index in [1.54, 1.807) is 47.3 Å². The summed E-state index contributed by atoms with van der Waals surface area (Å²) in [6.07, 6.45) is 1.25. The maximum Gasteiger partial charge on any atom is 0.260 e. The standard InChI is InChI=1S/C19H18F2N4O/c20-19(21)8-14(9-23-11-19)12-4-6-15(7-5-12)25-10-13-2-1-3-16(18(22)26)17(13)24-25/h1-7,10,14,23H,8-9,11H2,(H2,22,26)/i14D. The van der Waals surface area contributed by atoms with Gasteiger partial charge in [0.25, 0.3) is 11.8 Å². The van der Waals surface area contributed by atoms with Crippen molar-refractivity contribution < 1.29 is 14.9 Å². The Morgan fingerprint density at radius 1 is 1.31 bits per heavy atom. The van der Waals surface area contributed by atoms with Gasteiger partial charge in [-0.15, -0.1) is 0 Å². The molecule has 134 valence electrons. The monoisotopic (exact) mass is 357 g/mol. The van der Waals surface area contributed by atoms with Crippen LogP contribution in [-0.2, 0) is 0 Å². The molecule has 0 bridgehead atoms. The van der Waals surface area contributed by atoms with E-state index in [1.165, 1.54) is 0 Å². The van der Waals surface area contributed by atoms with Crippen LogP contribution in [0.4, 0.5) is 8.78 Å². The van der Waals surface area contributed by atoms with Crippen molar-refractivity contribution in [3.8, 4) is 5.69 Å². The summed E-state index contributed by atoms with van der Waals surface area (Å²) in [7, 11) is 0. The molecular weight excluding hydrogens is 338 g/mol. The van der Waals surface area contributed by atoms with Crippen LogP contribution in [0.25, 0.3) is 16.6 Å². The Morgan fingerprint density at radius 3 is 2.77 bits per heavy atom. The van der Waals surface area contributed by atoms with Crippen LogP contribution in [0.2, 0.25) is 0 Å². The third-order valence-corrected chi connectivity index (χ3v) is 4.54. The van der Waals surface area contributed by atoms with Crippen molar-refractivity contribution in [2.45, 2.75) is 18.2 Å². The van der Waals surface area contributed by atoms with Gasteiger partial charge in [-0.25, -0.2) is 13.5 Å². The maximum absolute atomic E-state index is 13.7. The summed E-state index contributed by atoms with van der Waals surface area (Å²) in [5, 5.41) is 7.84. The summed E-state index contributed by atoms with van der Waals surface area (Å²) in [6, 6.07) is 12.0. The maximum atomic E-state index is 13.7. The highest BCUT2D eigenvalue weighted by molar-refractivity contribution is 6.04. The third kappa shape index (κ3) is 3.06. The third-order valence-electron chi connectivity index (χ3n) is 4.54. The molecule has 5 nitrogen and oxygen atoms in total. The van der Waals surface area contributed by atoms with Gasteiger partial charge in [0.15, 0.2) is 0 Å². The van der Waals surface area contributed by atoms with Crippen LogP contribution >= 0.6 is 0 Å². The van der Waals surface area contributed by atoms with E-state index in [2.05, 4.69) is 10.4 Å². The lowest BCUT2D eigenvalue weighted by Gasteiger charge is -2.30. The fourth-order valence-corrected chi connectivity index (χ4v) is 3.26. The summed E-state index contributed by atoms with van der Waals surface area (Å²) in [5.41, 5.74) is 7.45. The predicted molar refractivity (Wildman–Crippen MR) is 94.8 cm³/mol. The number of fused-ring (bicyclic) bond motifs is 1. The quantitative estimate of drug-likeness (QED) is 0.757. The van der Waals surface area contributed by atoms with Gasteiger partial charge < -0.3 is 11.1 Å². The Labute approximate surface area is 150 Å². The van der Waals surface area contributed by atoms with Crippen molar-refractivity contribution in [1.29, 1.82) is 0 Å². The van der Waals surface area contributed by atoms with E-state index < -0.39 is 30.7 Å². The lowest BCUT2D eigenvalue weighted by Crippen LogP contribution is -2.42. The first-order valence-corrected chi connectivity index (χ1v) is 8.25. The molecule has 1 fully saturated rings. The summed E-state index contributed by atoms with van der Waals surface area (Å²) in [6.45, 7) is -0.219. The van der Waals surface area contributed by atoms with Gasteiger partial charge in [-0.3, -0.25) is 4.79 Å². The Morgan fingerprint density at radius 2 is 2.08 bits per heavy atom. The Balaban J connectivity index is 1.68. The van der Waals surface area contributed by atoms with Gasteiger partial charge in [0.05, 0.1) is 17.8 Å².